The van der Waals surface area contributed by atoms with E-state index in [0.29, 0.717) is 36.2 Å². The van der Waals surface area contributed by atoms with Gasteiger partial charge < -0.3 is 19.4 Å². The van der Waals surface area contributed by atoms with Gasteiger partial charge in [-0.1, -0.05) is 26.0 Å². The summed E-state index contributed by atoms with van der Waals surface area (Å²) in [7, 11) is -1.95. The summed E-state index contributed by atoms with van der Waals surface area (Å²) in [5.41, 5.74) is 1.76. The first-order valence-electron chi connectivity index (χ1n) is 13.2. The molecule has 39 heavy (non-hydrogen) atoms. The maximum Gasteiger partial charge on any atom is 0.573 e. The lowest BCUT2D eigenvalue weighted by Crippen LogP contribution is -2.36. The van der Waals surface area contributed by atoms with Crippen molar-refractivity contribution in [1.29, 1.82) is 0 Å². The molecule has 11 heteroatoms. The summed E-state index contributed by atoms with van der Waals surface area (Å²) in [6.07, 6.45) is -2.00. The average Bonchev–Trinajstić information content (AvgIpc) is 3.15. The minimum absolute atomic E-state index is 0.0254. The number of ether oxygens (including phenoxy) is 1. The summed E-state index contributed by atoms with van der Waals surface area (Å²) >= 11 is 0. The van der Waals surface area contributed by atoms with Gasteiger partial charge in [-0.05, 0) is 68.9 Å². The van der Waals surface area contributed by atoms with Gasteiger partial charge in [0.05, 0.1) is 16.1 Å². The first-order valence-corrected chi connectivity index (χ1v) is 14.7. The normalized spacial score (nSPS) is 15.6. The van der Waals surface area contributed by atoms with Crippen LogP contribution in [0.4, 0.5) is 18.9 Å². The van der Waals surface area contributed by atoms with Gasteiger partial charge in [0, 0.05) is 44.3 Å². The zero-order valence-electron chi connectivity index (χ0n) is 22.5. The Morgan fingerprint density at radius 2 is 1.77 bits per heavy atom. The predicted molar refractivity (Wildman–Crippen MR) is 146 cm³/mol. The van der Waals surface area contributed by atoms with E-state index in [2.05, 4.69) is 33.5 Å². The molecule has 1 aromatic heterocycles. The molecular formula is C28H35F3N4O3S. The molecule has 0 saturated carbocycles. The van der Waals surface area contributed by atoms with Gasteiger partial charge in [0.1, 0.15) is 10.6 Å². The fraction of sp³-hybridized carbons (Fsp3) is 0.464. The number of hydrogen-bond donors (Lipinski definition) is 0. The quantitative estimate of drug-likeness (QED) is 0.363. The van der Waals surface area contributed by atoms with Crippen LogP contribution in [0.5, 0.6) is 5.75 Å². The molecule has 2 heterocycles. The summed E-state index contributed by atoms with van der Waals surface area (Å²) < 4.78 is 71.2. The number of pyridine rings is 1. The second kappa shape index (κ2) is 12.1. The van der Waals surface area contributed by atoms with E-state index in [-0.39, 0.29) is 9.79 Å². The van der Waals surface area contributed by atoms with Crippen molar-refractivity contribution >= 4 is 26.4 Å². The topological polar surface area (TPSA) is 66.0 Å². The van der Waals surface area contributed by atoms with Crippen LogP contribution in [0, 0.1) is 0 Å². The Bertz CT molecular complexity index is 1380. The second-order valence-electron chi connectivity index (χ2n) is 9.78. The van der Waals surface area contributed by atoms with Gasteiger partial charge in [-0.25, -0.2) is 8.42 Å². The highest BCUT2D eigenvalue weighted by molar-refractivity contribution is 7.91. The molecule has 3 aromatic rings. The fourth-order valence-corrected chi connectivity index (χ4v) is 6.21. The van der Waals surface area contributed by atoms with Crippen LogP contribution in [0.15, 0.2) is 58.5 Å². The van der Waals surface area contributed by atoms with Gasteiger partial charge in [0.25, 0.3) is 0 Å². The standard InChI is InChI=1S/C28H35F3N4O3S/c1-4-21-7-10-23(11-8-21)39(36,37)26-20-32-25-12-9-22(38-28(29,30)31)19-24(25)27(26)35-14-6-13-34(17-18-35)16-15-33(3)5-2/h7-12,19-20H,4-6,13-18H2,1-3H3. The third-order valence-corrected chi connectivity index (χ3v) is 8.96. The third-order valence-electron chi connectivity index (χ3n) is 7.18. The smallest absolute Gasteiger partial charge is 0.406 e. The molecule has 0 aliphatic carbocycles. The van der Waals surface area contributed by atoms with Crippen molar-refractivity contribution in [3.05, 3.63) is 54.2 Å². The molecule has 7 nitrogen and oxygen atoms in total. The first-order chi connectivity index (χ1) is 18.5. The highest BCUT2D eigenvalue weighted by atomic mass is 32.2. The van der Waals surface area contributed by atoms with Crippen LogP contribution >= 0.6 is 0 Å². The van der Waals surface area contributed by atoms with E-state index >= 15 is 0 Å². The van der Waals surface area contributed by atoms with Crippen molar-refractivity contribution in [2.24, 2.45) is 0 Å². The number of alkyl halides is 3. The van der Waals surface area contributed by atoms with Crippen molar-refractivity contribution in [2.45, 2.75) is 42.8 Å². The number of fused-ring (bicyclic) bond motifs is 1. The van der Waals surface area contributed by atoms with Crippen LogP contribution in [0.25, 0.3) is 10.9 Å². The molecule has 212 valence electrons. The summed E-state index contributed by atoms with van der Waals surface area (Å²) in [5.74, 6) is -0.418. The average molecular weight is 565 g/mol. The minimum Gasteiger partial charge on any atom is -0.406 e. The fourth-order valence-electron chi connectivity index (χ4n) is 4.78. The molecule has 1 aliphatic rings. The Kier molecular flexibility index (Phi) is 9.03. The number of likely N-dealkylation sites (N-methyl/N-ethyl adjacent to an activating group) is 1. The van der Waals surface area contributed by atoms with Gasteiger partial charge in [-0.15, -0.1) is 13.2 Å². The monoisotopic (exact) mass is 564 g/mol. The summed E-state index contributed by atoms with van der Waals surface area (Å²) in [6, 6.07) is 10.5. The van der Waals surface area contributed by atoms with Crippen molar-refractivity contribution in [2.75, 3.05) is 57.8 Å². The molecule has 4 rings (SSSR count). The van der Waals surface area contributed by atoms with Crippen LogP contribution in [-0.2, 0) is 16.3 Å². The second-order valence-corrected chi connectivity index (χ2v) is 11.7. The van der Waals surface area contributed by atoms with Crippen LogP contribution < -0.4 is 9.64 Å². The summed E-state index contributed by atoms with van der Waals surface area (Å²) in [6.45, 7) is 9.47. The number of nitrogens with zero attached hydrogens (tertiary/aromatic N) is 4. The molecule has 0 bridgehead atoms. The zero-order valence-corrected chi connectivity index (χ0v) is 23.4. The number of hydrogen-bond acceptors (Lipinski definition) is 7. The van der Waals surface area contributed by atoms with Crippen molar-refractivity contribution in [3.63, 3.8) is 0 Å². The Balaban J connectivity index is 1.79. The molecule has 1 aliphatic heterocycles. The lowest BCUT2D eigenvalue weighted by molar-refractivity contribution is -0.274. The van der Waals surface area contributed by atoms with Crippen LogP contribution in [0.2, 0.25) is 0 Å². The Morgan fingerprint density at radius 1 is 1.03 bits per heavy atom. The number of halogens is 3. The van der Waals surface area contributed by atoms with E-state index in [4.69, 9.17) is 0 Å². The van der Waals surface area contributed by atoms with Crippen LogP contribution in [0.1, 0.15) is 25.8 Å². The molecule has 1 fully saturated rings. The maximum absolute atomic E-state index is 13.9. The number of sulfone groups is 1. The molecule has 0 N–H and O–H groups in total. The number of aromatic nitrogens is 1. The van der Waals surface area contributed by atoms with Gasteiger partial charge in [-0.3, -0.25) is 4.98 Å². The number of aryl methyl sites for hydroxylation is 1. The molecule has 0 amide bonds. The molecule has 1 saturated heterocycles. The van der Waals surface area contributed by atoms with E-state index in [0.717, 1.165) is 44.6 Å². The maximum atomic E-state index is 13.9. The van der Waals surface area contributed by atoms with E-state index in [1.54, 1.807) is 24.3 Å². The zero-order chi connectivity index (χ0) is 28.2. The number of benzene rings is 2. The van der Waals surface area contributed by atoms with Crippen LogP contribution in [0.3, 0.4) is 0 Å². The van der Waals surface area contributed by atoms with Crippen molar-refractivity contribution < 1.29 is 26.3 Å². The van der Waals surface area contributed by atoms with E-state index in [1.165, 1.54) is 24.4 Å². The predicted octanol–water partition coefficient (Wildman–Crippen LogP) is 4.99. The van der Waals surface area contributed by atoms with Gasteiger partial charge in [0.2, 0.25) is 9.84 Å². The highest BCUT2D eigenvalue weighted by Gasteiger charge is 2.32. The Morgan fingerprint density at radius 3 is 2.44 bits per heavy atom. The van der Waals surface area contributed by atoms with E-state index in [9.17, 15) is 21.6 Å². The van der Waals surface area contributed by atoms with Crippen LogP contribution in [-0.4, -0.2) is 82.4 Å². The van der Waals surface area contributed by atoms with Crippen molar-refractivity contribution in [1.82, 2.24) is 14.8 Å². The van der Waals surface area contributed by atoms with E-state index in [1.807, 2.05) is 11.8 Å². The SMILES string of the molecule is CCc1ccc(S(=O)(=O)c2cnc3ccc(OC(F)(F)F)cc3c2N2CCCN(CCN(C)CC)CC2)cc1. The minimum atomic E-state index is -4.87. The molecule has 0 atom stereocenters. The van der Waals surface area contributed by atoms with Gasteiger partial charge in [-0.2, -0.15) is 0 Å². The Hall–Kier alpha value is -2.89. The Labute approximate surface area is 228 Å². The molecule has 0 spiro atoms. The number of anilines is 1. The lowest BCUT2D eigenvalue weighted by atomic mass is 10.1. The molecule has 0 radical (unpaired) electrons. The molecule has 2 aromatic carbocycles. The molecule has 0 unspecified atom stereocenters. The highest BCUT2D eigenvalue weighted by Crippen LogP contribution is 2.38. The van der Waals surface area contributed by atoms with Crippen molar-refractivity contribution in [3.8, 4) is 5.75 Å². The lowest BCUT2D eigenvalue weighted by Gasteiger charge is -2.27. The summed E-state index contributed by atoms with van der Waals surface area (Å²) in [5, 5.41) is 0.308. The third kappa shape index (κ3) is 7.01. The first kappa shape index (κ1) is 29.1. The summed E-state index contributed by atoms with van der Waals surface area (Å²) in [4.78, 5) is 11.0. The van der Waals surface area contributed by atoms with Gasteiger partial charge >= 0.3 is 6.36 Å². The number of rotatable bonds is 9. The van der Waals surface area contributed by atoms with Gasteiger partial charge in [0.15, 0.2) is 0 Å². The largest absolute Gasteiger partial charge is 0.573 e. The van der Waals surface area contributed by atoms with E-state index < -0.39 is 21.9 Å². The molecular weight excluding hydrogens is 529 g/mol.